The van der Waals surface area contributed by atoms with Gasteiger partial charge in [-0.3, -0.25) is 14.6 Å². The van der Waals surface area contributed by atoms with Crippen molar-refractivity contribution in [2.75, 3.05) is 39.5 Å². The summed E-state index contributed by atoms with van der Waals surface area (Å²) in [4.78, 5) is 29.7. The van der Waals surface area contributed by atoms with Gasteiger partial charge in [0.05, 0.1) is 13.1 Å². The summed E-state index contributed by atoms with van der Waals surface area (Å²) in [6, 6.07) is 7.59. The zero-order valence-electron chi connectivity index (χ0n) is 17.5. The SMILES string of the molecule is CN=C(NCC(=O)NC(C)(C)C)NCc1cccc(NC(=O)CN(C)C)c1.I. The van der Waals surface area contributed by atoms with Gasteiger partial charge in [0, 0.05) is 24.8 Å². The number of nitrogens with zero attached hydrogens (tertiary/aromatic N) is 2. The van der Waals surface area contributed by atoms with Crippen molar-refractivity contribution in [3.05, 3.63) is 29.8 Å². The lowest BCUT2D eigenvalue weighted by Gasteiger charge is -2.21. The van der Waals surface area contributed by atoms with Gasteiger partial charge in [0.2, 0.25) is 11.8 Å². The molecule has 0 spiro atoms. The van der Waals surface area contributed by atoms with Gasteiger partial charge in [0.15, 0.2) is 5.96 Å². The van der Waals surface area contributed by atoms with E-state index in [0.717, 1.165) is 11.3 Å². The Morgan fingerprint density at radius 2 is 1.79 bits per heavy atom. The molecule has 8 nitrogen and oxygen atoms in total. The molecule has 0 aromatic heterocycles. The molecule has 9 heteroatoms. The molecule has 0 bridgehead atoms. The quantitative estimate of drug-likeness (QED) is 0.256. The van der Waals surface area contributed by atoms with Gasteiger partial charge in [-0.2, -0.15) is 0 Å². The Kier molecular flexibility index (Phi) is 11.7. The molecule has 0 radical (unpaired) electrons. The van der Waals surface area contributed by atoms with E-state index in [1.807, 2.05) is 64.0 Å². The maximum atomic E-state index is 11.9. The molecule has 158 valence electrons. The predicted octanol–water partition coefficient (Wildman–Crippen LogP) is 1.38. The van der Waals surface area contributed by atoms with Crippen molar-refractivity contribution in [2.45, 2.75) is 32.9 Å². The number of hydrogen-bond donors (Lipinski definition) is 4. The zero-order chi connectivity index (χ0) is 20.4. The Morgan fingerprint density at radius 3 is 2.36 bits per heavy atom. The first-order valence-corrected chi connectivity index (χ1v) is 8.88. The van der Waals surface area contributed by atoms with Crippen molar-refractivity contribution < 1.29 is 9.59 Å². The Morgan fingerprint density at radius 1 is 1.11 bits per heavy atom. The summed E-state index contributed by atoms with van der Waals surface area (Å²) in [6.45, 7) is 6.78. The monoisotopic (exact) mass is 504 g/mol. The van der Waals surface area contributed by atoms with E-state index in [1.54, 1.807) is 7.05 Å². The van der Waals surface area contributed by atoms with Crippen molar-refractivity contribution >= 4 is 47.4 Å². The van der Waals surface area contributed by atoms with E-state index in [0.29, 0.717) is 19.0 Å². The Hall–Kier alpha value is -1.88. The number of rotatable bonds is 7. The second-order valence-corrected chi connectivity index (χ2v) is 7.56. The fourth-order valence-corrected chi connectivity index (χ4v) is 2.28. The van der Waals surface area contributed by atoms with E-state index in [1.165, 1.54) is 0 Å². The van der Waals surface area contributed by atoms with E-state index in [-0.39, 0.29) is 47.9 Å². The predicted molar refractivity (Wildman–Crippen MR) is 125 cm³/mol. The largest absolute Gasteiger partial charge is 0.352 e. The average Bonchev–Trinajstić information content (AvgIpc) is 2.52. The van der Waals surface area contributed by atoms with E-state index >= 15 is 0 Å². The van der Waals surface area contributed by atoms with Crippen LogP contribution in [-0.2, 0) is 16.1 Å². The summed E-state index contributed by atoms with van der Waals surface area (Å²) in [5, 5.41) is 11.9. The first-order valence-electron chi connectivity index (χ1n) is 8.88. The van der Waals surface area contributed by atoms with Gasteiger partial charge in [0.25, 0.3) is 0 Å². The first-order chi connectivity index (χ1) is 12.6. The van der Waals surface area contributed by atoms with Gasteiger partial charge in [-0.15, -0.1) is 24.0 Å². The molecular formula is C19H33IN6O2. The number of guanidine groups is 1. The third-order valence-corrected chi connectivity index (χ3v) is 3.28. The van der Waals surface area contributed by atoms with Crippen LogP contribution < -0.4 is 21.3 Å². The summed E-state index contributed by atoms with van der Waals surface area (Å²) in [5.74, 6) is 0.365. The minimum Gasteiger partial charge on any atom is -0.352 e. The maximum absolute atomic E-state index is 11.9. The average molecular weight is 504 g/mol. The molecule has 0 fully saturated rings. The van der Waals surface area contributed by atoms with Gasteiger partial charge in [-0.05, 0) is 52.6 Å². The molecule has 0 atom stereocenters. The van der Waals surface area contributed by atoms with Crippen LogP contribution in [0.4, 0.5) is 5.69 Å². The van der Waals surface area contributed by atoms with Gasteiger partial charge in [-0.25, -0.2) is 0 Å². The zero-order valence-corrected chi connectivity index (χ0v) is 19.9. The topological polar surface area (TPSA) is 97.9 Å². The highest BCUT2D eigenvalue weighted by Crippen LogP contribution is 2.10. The Labute approximate surface area is 184 Å². The lowest BCUT2D eigenvalue weighted by molar-refractivity contribution is -0.121. The minimum absolute atomic E-state index is 0. The second kappa shape index (κ2) is 12.6. The highest BCUT2D eigenvalue weighted by atomic mass is 127. The lowest BCUT2D eigenvalue weighted by atomic mass is 10.1. The lowest BCUT2D eigenvalue weighted by Crippen LogP contribution is -2.48. The molecule has 0 saturated heterocycles. The summed E-state index contributed by atoms with van der Waals surface area (Å²) in [6.07, 6.45) is 0. The van der Waals surface area contributed by atoms with Crippen LogP contribution in [0.2, 0.25) is 0 Å². The van der Waals surface area contributed by atoms with Gasteiger partial charge < -0.3 is 26.2 Å². The number of aliphatic imine (C=N–C) groups is 1. The van der Waals surface area contributed by atoms with Crippen LogP contribution in [-0.4, -0.2) is 62.4 Å². The molecule has 0 aliphatic carbocycles. The van der Waals surface area contributed by atoms with E-state index in [9.17, 15) is 9.59 Å². The van der Waals surface area contributed by atoms with Gasteiger partial charge in [-0.1, -0.05) is 12.1 Å². The van der Waals surface area contributed by atoms with E-state index in [2.05, 4.69) is 26.3 Å². The Balaban J connectivity index is 0.00000729. The second-order valence-electron chi connectivity index (χ2n) is 7.56. The van der Waals surface area contributed by atoms with Crippen LogP contribution >= 0.6 is 24.0 Å². The van der Waals surface area contributed by atoms with Crippen molar-refractivity contribution in [3.8, 4) is 0 Å². The van der Waals surface area contributed by atoms with E-state index in [4.69, 9.17) is 0 Å². The molecular weight excluding hydrogens is 471 g/mol. The number of nitrogens with one attached hydrogen (secondary N) is 4. The standard InChI is InChI=1S/C19H32N6O2.HI/c1-19(2,3)24-16(26)12-22-18(20-4)21-11-14-8-7-9-15(10-14)23-17(27)13-25(5)6;/h7-10H,11-13H2,1-6H3,(H,23,27)(H,24,26)(H2,20,21,22);1H. The number of hydrogen-bond acceptors (Lipinski definition) is 4. The molecule has 0 aliphatic heterocycles. The van der Waals surface area contributed by atoms with Crippen LogP contribution in [0.5, 0.6) is 0 Å². The summed E-state index contributed by atoms with van der Waals surface area (Å²) in [7, 11) is 5.34. The molecule has 1 aromatic rings. The molecule has 0 saturated carbocycles. The minimum atomic E-state index is -0.271. The van der Waals surface area contributed by atoms with Crippen LogP contribution in [0, 0.1) is 0 Å². The number of carbonyl (C=O) groups excluding carboxylic acids is 2. The molecule has 1 aromatic carbocycles. The van der Waals surface area contributed by atoms with Gasteiger partial charge in [0.1, 0.15) is 0 Å². The van der Waals surface area contributed by atoms with Crippen molar-refractivity contribution in [2.24, 2.45) is 4.99 Å². The number of amides is 2. The van der Waals surface area contributed by atoms with Gasteiger partial charge >= 0.3 is 0 Å². The summed E-state index contributed by atoms with van der Waals surface area (Å²) in [5.41, 5.74) is 1.46. The van der Waals surface area contributed by atoms with Crippen molar-refractivity contribution in [1.82, 2.24) is 20.9 Å². The smallest absolute Gasteiger partial charge is 0.239 e. The van der Waals surface area contributed by atoms with Crippen LogP contribution in [0.25, 0.3) is 0 Å². The molecule has 28 heavy (non-hydrogen) atoms. The molecule has 0 aliphatic rings. The fourth-order valence-electron chi connectivity index (χ4n) is 2.28. The maximum Gasteiger partial charge on any atom is 0.239 e. The van der Waals surface area contributed by atoms with Crippen LogP contribution in [0.3, 0.4) is 0 Å². The third kappa shape index (κ3) is 11.8. The molecule has 0 heterocycles. The number of benzene rings is 1. The Bertz CT molecular complexity index is 671. The normalized spacial score (nSPS) is 11.5. The number of likely N-dealkylation sites (N-methyl/N-ethyl adjacent to an activating group) is 1. The molecule has 0 unspecified atom stereocenters. The molecule has 2 amide bonds. The van der Waals surface area contributed by atoms with Crippen LogP contribution in [0.1, 0.15) is 26.3 Å². The number of anilines is 1. The first kappa shape index (κ1) is 26.1. The third-order valence-electron chi connectivity index (χ3n) is 3.28. The highest BCUT2D eigenvalue weighted by Gasteiger charge is 2.13. The fraction of sp³-hybridized carbons (Fsp3) is 0.526. The summed E-state index contributed by atoms with van der Waals surface area (Å²) >= 11 is 0. The van der Waals surface area contributed by atoms with Crippen molar-refractivity contribution in [3.63, 3.8) is 0 Å². The summed E-state index contributed by atoms with van der Waals surface area (Å²) < 4.78 is 0. The van der Waals surface area contributed by atoms with Crippen molar-refractivity contribution in [1.29, 1.82) is 0 Å². The number of carbonyl (C=O) groups is 2. The highest BCUT2D eigenvalue weighted by molar-refractivity contribution is 14.0. The molecule has 4 N–H and O–H groups in total. The number of halogens is 1. The van der Waals surface area contributed by atoms with Crippen LogP contribution in [0.15, 0.2) is 29.3 Å². The van der Waals surface area contributed by atoms with E-state index < -0.39 is 0 Å². The molecule has 1 rings (SSSR count).